The Labute approximate surface area is 162 Å². The van der Waals surface area contributed by atoms with Gasteiger partial charge in [0.2, 0.25) is 0 Å². The first-order chi connectivity index (χ1) is 13.3. The van der Waals surface area contributed by atoms with Crippen LogP contribution in [0.4, 0.5) is 0 Å². The number of hydrogen-bond acceptors (Lipinski definition) is 6. The molecule has 2 rings (SSSR count). The molecule has 2 amide bonds. The van der Waals surface area contributed by atoms with Gasteiger partial charge in [0.05, 0.1) is 11.2 Å². The van der Waals surface area contributed by atoms with Crippen LogP contribution >= 0.6 is 0 Å². The summed E-state index contributed by atoms with van der Waals surface area (Å²) in [6, 6.07) is 4.97. The van der Waals surface area contributed by atoms with Gasteiger partial charge in [-0.25, -0.2) is 15.4 Å². The number of aliphatic hydroxyl groups is 1. The summed E-state index contributed by atoms with van der Waals surface area (Å²) in [5.74, 6) is 9.51. The van der Waals surface area contributed by atoms with Crippen molar-refractivity contribution >= 4 is 11.8 Å². The van der Waals surface area contributed by atoms with Gasteiger partial charge < -0.3 is 10.4 Å². The summed E-state index contributed by atoms with van der Waals surface area (Å²) in [7, 11) is 0. The lowest BCUT2D eigenvalue weighted by Crippen LogP contribution is -2.57. The Balaban J connectivity index is 2.06. The number of amides is 2. The second-order valence-corrected chi connectivity index (χ2v) is 6.24. The summed E-state index contributed by atoms with van der Waals surface area (Å²) < 4.78 is 0. The number of hydroxylamine groups is 1. The molecule has 142 valence electrons. The van der Waals surface area contributed by atoms with E-state index < -0.39 is 23.5 Å². The molecule has 0 fully saturated rings. The van der Waals surface area contributed by atoms with E-state index in [9.17, 15) is 14.7 Å². The van der Waals surface area contributed by atoms with Crippen molar-refractivity contribution in [1.29, 1.82) is 0 Å². The standard InChI is InChI=1S/C20H18N4O4/c1-20(2,27)17(19(26)24-28)23-18(25)16-9-7-14(8-10-16)5-3-4-6-15-11-21-13-22-12-15/h7-13,17,27-28H,1-2H3,(H,23,25)(H,24,26)/t17-/m1/s1. The molecule has 8 heteroatoms. The number of carbonyl (C=O) groups excluding carboxylic acids is 2. The van der Waals surface area contributed by atoms with Crippen LogP contribution in [0, 0.1) is 23.7 Å². The molecule has 1 atom stereocenters. The number of rotatable bonds is 4. The second kappa shape index (κ2) is 9.28. The first-order valence-corrected chi connectivity index (χ1v) is 8.15. The Bertz CT molecular complexity index is 959. The summed E-state index contributed by atoms with van der Waals surface area (Å²) in [5, 5.41) is 21.1. The third-order valence-corrected chi connectivity index (χ3v) is 3.54. The monoisotopic (exact) mass is 378 g/mol. The molecule has 0 radical (unpaired) electrons. The molecule has 4 N–H and O–H groups in total. The van der Waals surface area contributed by atoms with E-state index in [2.05, 4.69) is 39.0 Å². The van der Waals surface area contributed by atoms with Gasteiger partial charge in [-0.3, -0.25) is 14.8 Å². The molecule has 0 bridgehead atoms. The predicted molar refractivity (Wildman–Crippen MR) is 99.7 cm³/mol. The van der Waals surface area contributed by atoms with Gasteiger partial charge in [-0.1, -0.05) is 5.92 Å². The fourth-order valence-corrected chi connectivity index (χ4v) is 2.12. The summed E-state index contributed by atoms with van der Waals surface area (Å²) in [6.07, 6.45) is 4.56. The summed E-state index contributed by atoms with van der Waals surface area (Å²) in [4.78, 5) is 31.6. The maximum atomic E-state index is 12.3. The lowest BCUT2D eigenvalue weighted by atomic mass is 9.97. The zero-order chi connectivity index (χ0) is 20.6. The second-order valence-electron chi connectivity index (χ2n) is 6.24. The van der Waals surface area contributed by atoms with Crippen molar-refractivity contribution in [3.63, 3.8) is 0 Å². The molecule has 1 heterocycles. The fourth-order valence-electron chi connectivity index (χ4n) is 2.12. The number of carbonyl (C=O) groups is 2. The van der Waals surface area contributed by atoms with Crippen molar-refractivity contribution in [1.82, 2.24) is 20.8 Å². The van der Waals surface area contributed by atoms with Crippen LogP contribution in [0.5, 0.6) is 0 Å². The number of nitrogens with zero attached hydrogens (tertiary/aromatic N) is 2. The molecule has 1 aromatic heterocycles. The normalized spacial score (nSPS) is 11.1. The van der Waals surface area contributed by atoms with E-state index in [1.807, 2.05) is 0 Å². The predicted octanol–water partition coefficient (Wildman–Crippen LogP) is 0.255. The maximum Gasteiger partial charge on any atom is 0.268 e. The highest BCUT2D eigenvalue weighted by Crippen LogP contribution is 2.11. The SMILES string of the molecule is CC(C)(O)[C@H](NC(=O)c1ccc(C#CC#Cc2cncnc2)cc1)C(=O)NO. The summed E-state index contributed by atoms with van der Waals surface area (Å²) >= 11 is 0. The van der Waals surface area contributed by atoms with Crippen molar-refractivity contribution in [2.24, 2.45) is 0 Å². The highest BCUT2D eigenvalue weighted by molar-refractivity contribution is 5.97. The zero-order valence-corrected chi connectivity index (χ0v) is 15.2. The fraction of sp³-hybridized carbons (Fsp3) is 0.200. The molecular formula is C20H18N4O4. The summed E-state index contributed by atoms with van der Waals surface area (Å²) in [6.45, 7) is 2.68. The van der Waals surface area contributed by atoms with Crippen LogP contribution in [0.25, 0.3) is 0 Å². The first kappa shape index (κ1) is 20.6. The molecule has 0 spiro atoms. The smallest absolute Gasteiger partial charge is 0.268 e. The van der Waals surface area contributed by atoms with Crippen LogP contribution in [-0.4, -0.2) is 43.7 Å². The Morgan fingerprint density at radius 2 is 1.61 bits per heavy atom. The van der Waals surface area contributed by atoms with Crippen molar-refractivity contribution in [2.75, 3.05) is 0 Å². The van der Waals surface area contributed by atoms with Crippen LogP contribution in [0.15, 0.2) is 43.0 Å². The molecule has 0 aliphatic rings. The zero-order valence-electron chi connectivity index (χ0n) is 15.2. The molecule has 8 nitrogen and oxygen atoms in total. The minimum atomic E-state index is -1.57. The minimum absolute atomic E-state index is 0.262. The lowest BCUT2D eigenvalue weighted by Gasteiger charge is -2.28. The van der Waals surface area contributed by atoms with Gasteiger partial charge in [0, 0.05) is 23.5 Å². The Morgan fingerprint density at radius 1 is 1.04 bits per heavy atom. The highest BCUT2D eigenvalue weighted by Gasteiger charge is 2.34. The van der Waals surface area contributed by atoms with E-state index in [0.29, 0.717) is 11.1 Å². The van der Waals surface area contributed by atoms with Crippen LogP contribution in [0.2, 0.25) is 0 Å². The molecule has 0 saturated carbocycles. The molecule has 28 heavy (non-hydrogen) atoms. The van der Waals surface area contributed by atoms with E-state index in [1.165, 1.54) is 37.8 Å². The van der Waals surface area contributed by atoms with Gasteiger partial charge in [0.1, 0.15) is 12.4 Å². The molecule has 0 unspecified atom stereocenters. The first-order valence-electron chi connectivity index (χ1n) is 8.15. The van der Waals surface area contributed by atoms with E-state index in [1.54, 1.807) is 24.5 Å². The molecular weight excluding hydrogens is 360 g/mol. The van der Waals surface area contributed by atoms with E-state index >= 15 is 0 Å². The number of nitrogens with one attached hydrogen (secondary N) is 2. The third kappa shape index (κ3) is 5.92. The molecule has 0 saturated heterocycles. The molecule has 1 aromatic carbocycles. The highest BCUT2D eigenvalue weighted by atomic mass is 16.5. The van der Waals surface area contributed by atoms with Gasteiger partial charge in [0.15, 0.2) is 0 Å². The third-order valence-electron chi connectivity index (χ3n) is 3.54. The molecule has 2 aromatic rings. The average Bonchev–Trinajstić information content (AvgIpc) is 2.69. The topological polar surface area (TPSA) is 124 Å². The quantitative estimate of drug-likeness (QED) is 0.344. The van der Waals surface area contributed by atoms with E-state index in [4.69, 9.17) is 5.21 Å². The van der Waals surface area contributed by atoms with Crippen molar-refractivity contribution < 1.29 is 19.9 Å². The number of aromatic nitrogens is 2. The van der Waals surface area contributed by atoms with Crippen LogP contribution in [-0.2, 0) is 4.79 Å². The van der Waals surface area contributed by atoms with Crippen LogP contribution in [0.3, 0.4) is 0 Å². The van der Waals surface area contributed by atoms with Gasteiger partial charge in [-0.05, 0) is 55.9 Å². The number of benzene rings is 1. The van der Waals surface area contributed by atoms with E-state index in [-0.39, 0.29) is 5.56 Å². The summed E-state index contributed by atoms with van der Waals surface area (Å²) in [5.41, 5.74) is 1.41. The van der Waals surface area contributed by atoms with Gasteiger partial charge in [0.25, 0.3) is 11.8 Å². The Morgan fingerprint density at radius 3 is 2.14 bits per heavy atom. The number of hydrogen-bond donors (Lipinski definition) is 4. The maximum absolute atomic E-state index is 12.3. The van der Waals surface area contributed by atoms with Crippen LogP contribution in [0.1, 0.15) is 35.3 Å². The Kier molecular flexibility index (Phi) is 6.83. The van der Waals surface area contributed by atoms with Crippen molar-refractivity contribution in [3.05, 3.63) is 59.7 Å². The van der Waals surface area contributed by atoms with Gasteiger partial charge >= 0.3 is 0 Å². The molecule has 0 aliphatic heterocycles. The van der Waals surface area contributed by atoms with Crippen molar-refractivity contribution in [2.45, 2.75) is 25.5 Å². The minimum Gasteiger partial charge on any atom is -0.388 e. The van der Waals surface area contributed by atoms with Crippen LogP contribution < -0.4 is 10.8 Å². The lowest BCUT2D eigenvalue weighted by molar-refractivity contribution is -0.136. The largest absolute Gasteiger partial charge is 0.388 e. The average molecular weight is 378 g/mol. The van der Waals surface area contributed by atoms with Gasteiger partial charge in [-0.15, -0.1) is 0 Å². The van der Waals surface area contributed by atoms with Crippen molar-refractivity contribution in [3.8, 4) is 23.7 Å². The van der Waals surface area contributed by atoms with Gasteiger partial charge in [-0.2, -0.15) is 0 Å². The Hall–Kier alpha value is -3.72. The molecule has 0 aliphatic carbocycles. The van der Waals surface area contributed by atoms with E-state index in [0.717, 1.165) is 0 Å².